The molecule has 0 amide bonds. The fraction of sp³-hybridized carbons (Fsp3) is 0. The molecule has 2 heterocycles. The first kappa shape index (κ1) is 15.2. The van der Waals surface area contributed by atoms with Crippen molar-refractivity contribution in [2.24, 2.45) is 0 Å². The lowest BCUT2D eigenvalue weighted by atomic mass is 10.2. The molecule has 0 bridgehead atoms. The quantitative estimate of drug-likeness (QED) is 0.517. The molecule has 4 nitrogen and oxygen atoms in total. The van der Waals surface area contributed by atoms with Crippen LogP contribution < -0.4 is 10.1 Å². The van der Waals surface area contributed by atoms with Gasteiger partial charge < -0.3 is 0 Å². The Bertz CT molecular complexity index is 1150. The van der Waals surface area contributed by atoms with Crippen molar-refractivity contribution in [2.45, 2.75) is 0 Å². The van der Waals surface area contributed by atoms with Gasteiger partial charge in [-0.05, 0) is 24.3 Å². The van der Waals surface area contributed by atoms with Gasteiger partial charge in [-0.3, -0.25) is 4.79 Å². The number of nitrogens with zero attached hydrogens (tertiary/aromatic N) is 3. The van der Waals surface area contributed by atoms with E-state index in [9.17, 15) is 9.18 Å². The van der Waals surface area contributed by atoms with Gasteiger partial charge in [0.2, 0.25) is 4.96 Å². The Balaban J connectivity index is 1.83. The number of benzene rings is 2. The van der Waals surface area contributed by atoms with E-state index in [0.717, 1.165) is 10.0 Å². The van der Waals surface area contributed by atoms with Crippen molar-refractivity contribution < 1.29 is 4.39 Å². The fourth-order valence-corrected chi connectivity index (χ4v) is 3.45. The molecule has 0 fully saturated rings. The van der Waals surface area contributed by atoms with Crippen LogP contribution in [0.4, 0.5) is 4.39 Å². The monoisotopic (exact) mass is 401 g/mol. The molecule has 0 aliphatic heterocycles. The van der Waals surface area contributed by atoms with Crippen LogP contribution in [-0.4, -0.2) is 14.6 Å². The molecule has 2 aromatic carbocycles. The summed E-state index contributed by atoms with van der Waals surface area (Å²) in [5, 5.41) is 4.27. The van der Waals surface area contributed by atoms with E-state index in [1.165, 1.54) is 28.0 Å². The Labute approximate surface area is 148 Å². The van der Waals surface area contributed by atoms with Crippen molar-refractivity contribution >= 4 is 38.3 Å². The average Bonchev–Trinajstić information content (AvgIpc) is 3.11. The van der Waals surface area contributed by atoms with E-state index in [1.807, 2.05) is 24.3 Å². The maximum Gasteiger partial charge on any atom is 0.291 e. The van der Waals surface area contributed by atoms with Crippen molar-refractivity contribution in [2.75, 3.05) is 0 Å². The third-order valence-electron chi connectivity index (χ3n) is 3.48. The topological polar surface area (TPSA) is 47.3 Å². The summed E-state index contributed by atoms with van der Waals surface area (Å²) in [6.45, 7) is 0. The summed E-state index contributed by atoms with van der Waals surface area (Å²) in [6, 6.07) is 13.8. The Kier molecular flexibility index (Phi) is 3.74. The molecule has 4 aromatic rings. The number of halogens is 2. The van der Waals surface area contributed by atoms with Crippen molar-refractivity contribution in [1.82, 2.24) is 14.6 Å². The van der Waals surface area contributed by atoms with Crippen LogP contribution in [0.5, 0.6) is 0 Å². The van der Waals surface area contributed by atoms with Crippen LogP contribution in [0.3, 0.4) is 0 Å². The lowest BCUT2D eigenvalue weighted by Gasteiger charge is -1.94. The molecule has 2 aromatic heterocycles. The van der Waals surface area contributed by atoms with Gasteiger partial charge in [0, 0.05) is 15.6 Å². The van der Waals surface area contributed by atoms with Gasteiger partial charge >= 0.3 is 0 Å². The normalized spacial score (nSPS) is 12.2. The van der Waals surface area contributed by atoms with Gasteiger partial charge in [-0.2, -0.15) is 9.50 Å². The molecule has 4 rings (SSSR count). The molecule has 0 saturated carbocycles. The van der Waals surface area contributed by atoms with Crippen LogP contribution >= 0.6 is 27.3 Å². The van der Waals surface area contributed by atoms with E-state index in [1.54, 1.807) is 18.2 Å². The minimum absolute atomic E-state index is 0.297. The molecule has 118 valence electrons. The minimum Gasteiger partial charge on any atom is -0.266 e. The first-order valence-electron chi connectivity index (χ1n) is 7.03. The van der Waals surface area contributed by atoms with Crippen molar-refractivity contribution in [3.63, 3.8) is 0 Å². The SMILES string of the molecule is O=c1c(=Cc2ccccc2F)sc2nc(-c3ccc(Br)cc3)nn12. The molecule has 0 spiro atoms. The lowest BCUT2D eigenvalue weighted by Crippen LogP contribution is -2.23. The van der Waals surface area contributed by atoms with Gasteiger partial charge in [-0.1, -0.05) is 57.6 Å². The van der Waals surface area contributed by atoms with Crippen LogP contribution in [0.25, 0.3) is 22.4 Å². The molecule has 0 unspecified atom stereocenters. The van der Waals surface area contributed by atoms with Crippen molar-refractivity contribution in [3.8, 4) is 11.4 Å². The maximum absolute atomic E-state index is 13.7. The molecule has 24 heavy (non-hydrogen) atoms. The zero-order chi connectivity index (χ0) is 16.7. The summed E-state index contributed by atoms with van der Waals surface area (Å²) >= 11 is 4.57. The summed E-state index contributed by atoms with van der Waals surface area (Å²) in [5.41, 5.74) is 0.898. The standard InChI is InChI=1S/C17H9BrFN3OS/c18-12-7-5-10(6-8-12)15-20-17-22(21-15)16(23)14(24-17)9-11-3-1-2-4-13(11)19/h1-9H. The summed E-state index contributed by atoms with van der Waals surface area (Å²) in [7, 11) is 0. The molecule has 7 heteroatoms. The fourth-order valence-electron chi connectivity index (χ4n) is 2.29. The Morgan fingerprint density at radius 2 is 1.88 bits per heavy atom. The first-order valence-corrected chi connectivity index (χ1v) is 8.64. The predicted octanol–water partition coefficient (Wildman–Crippen LogP) is 3.27. The van der Waals surface area contributed by atoms with E-state index in [0.29, 0.717) is 20.9 Å². The van der Waals surface area contributed by atoms with Crippen LogP contribution in [-0.2, 0) is 0 Å². The van der Waals surface area contributed by atoms with Gasteiger partial charge in [-0.25, -0.2) is 4.39 Å². The molecule has 0 aliphatic carbocycles. The number of fused-ring (bicyclic) bond motifs is 1. The number of thiazole rings is 1. The van der Waals surface area contributed by atoms with Gasteiger partial charge in [-0.15, -0.1) is 5.10 Å². The second kappa shape index (κ2) is 5.92. The maximum atomic E-state index is 13.7. The van der Waals surface area contributed by atoms with Crippen LogP contribution in [0, 0.1) is 5.82 Å². The predicted molar refractivity (Wildman–Crippen MR) is 95.5 cm³/mol. The summed E-state index contributed by atoms with van der Waals surface area (Å²) < 4.78 is 16.4. The first-order chi connectivity index (χ1) is 11.6. The van der Waals surface area contributed by atoms with Crippen LogP contribution in [0.2, 0.25) is 0 Å². The molecule has 0 atom stereocenters. The van der Waals surface area contributed by atoms with Gasteiger partial charge in [0.25, 0.3) is 5.56 Å². The summed E-state index contributed by atoms with van der Waals surface area (Å²) in [5.74, 6) is 0.120. The van der Waals surface area contributed by atoms with Crippen LogP contribution in [0.15, 0.2) is 57.8 Å². The number of rotatable bonds is 2. The van der Waals surface area contributed by atoms with Crippen LogP contribution in [0.1, 0.15) is 5.56 Å². The van der Waals surface area contributed by atoms with Gasteiger partial charge in [0.15, 0.2) is 5.82 Å². The molecular weight excluding hydrogens is 393 g/mol. The smallest absolute Gasteiger partial charge is 0.266 e. The van der Waals surface area contributed by atoms with E-state index < -0.39 is 0 Å². The van der Waals surface area contributed by atoms with Crippen molar-refractivity contribution in [3.05, 3.63) is 79.3 Å². The number of hydrogen-bond acceptors (Lipinski definition) is 4. The average molecular weight is 402 g/mol. The van der Waals surface area contributed by atoms with Crippen molar-refractivity contribution in [1.29, 1.82) is 0 Å². The van der Waals surface area contributed by atoms with E-state index in [-0.39, 0.29) is 11.4 Å². The molecule has 0 saturated heterocycles. The highest BCUT2D eigenvalue weighted by Gasteiger charge is 2.12. The van der Waals surface area contributed by atoms with E-state index >= 15 is 0 Å². The molecular formula is C17H9BrFN3OS. The Morgan fingerprint density at radius 3 is 2.58 bits per heavy atom. The minimum atomic E-state index is -0.369. The zero-order valence-electron chi connectivity index (χ0n) is 12.1. The second-order valence-corrected chi connectivity index (χ2v) is 7.00. The molecule has 0 N–H and O–H groups in total. The zero-order valence-corrected chi connectivity index (χ0v) is 14.5. The highest BCUT2D eigenvalue weighted by molar-refractivity contribution is 9.10. The Hall–Kier alpha value is -2.38. The summed E-state index contributed by atoms with van der Waals surface area (Å²) in [6.07, 6.45) is 1.53. The lowest BCUT2D eigenvalue weighted by molar-refractivity contribution is 0.625. The second-order valence-electron chi connectivity index (χ2n) is 5.07. The van der Waals surface area contributed by atoms with Gasteiger partial charge in [0.1, 0.15) is 5.82 Å². The van der Waals surface area contributed by atoms with E-state index in [4.69, 9.17) is 0 Å². The third-order valence-corrected chi connectivity index (χ3v) is 4.96. The number of aromatic nitrogens is 3. The summed E-state index contributed by atoms with van der Waals surface area (Å²) in [4.78, 5) is 17.3. The molecule has 0 radical (unpaired) electrons. The number of hydrogen-bond donors (Lipinski definition) is 0. The highest BCUT2D eigenvalue weighted by Crippen LogP contribution is 2.19. The highest BCUT2D eigenvalue weighted by atomic mass is 79.9. The largest absolute Gasteiger partial charge is 0.291 e. The third kappa shape index (κ3) is 2.65. The van der Waals surface area contributed by atoms with Gasteiger partial charge in [0.05, 0.1) is 4.53 Å². The molecule has 0 aliphatic rings. The van der Waals surface area contributed by atoms with E-state index in [2.05, 4.69) is 26.0 Å². The Morgan fingerprint density at radius 1 is 1.12 bits per heavy atom.